The molecule has 3 aromatic rings. The van der Waals surface area contributed by atoms with Crippen molar-refractivity contribution < 1.29 is 17.8 Å². The van der Waals surface area contributed by atoms with E-state index in [0.717, 1.165) is 16.7 Å². The SMILES string of the molecule is Cc1ccc(NOS(C)=O)cc1Cc1cnc(Nc2ccc([S-](=N)=O)cc2)nc1N[C@H](C)CO. The number of aryl methyl sites for hydroxylation is 1. The molecule has 2 aromatic carbocycles. The minimum absolute atomic E-state index is 0.0676. The number of benzene rings is 2. The Hall–Kier alpha value is -3.06. The highest BCUT2D eigenvalue weighted by Crippen LogP contribution is 2.24. The highest BCUT2D eigenvalue weighted by atomic mass is 32.2. The van der Waals surface area contributed by atoms with Gasteiger partial charge in [-0.2, -0.15) is 19.9 Å². The third-order valence-corrected chi connectivity index (χ3v) is 5.87. The van der Waals surface area contributed by atoms with Gasteiger partial charge in [0.2, 0.25) is 5.95 Å². The van der Waals surface area contributed by atoms with Crippen molar-refractivity contribution in [2.75, 3.05) is 29.0 Å². The van der Waals surface area contributed by atoms with Crippen molar-refractivity contribution >= 4 is 44.8 Å². The summed E-state index contributed by atoms with van der Waals surface area (Å²) in [5, 5.41) is 15.8. The molecule has 0 bridgehead atoms. The van der Waals surface area contributed by atoms with Crippen molar-refractivity contribution in [3.63, 3.8) is 0 Å². The van der Waals surface area contributed by atoms with Crippen molar-refractivity contribution in [2.24, 2.45) is 0 Å². The Kier molecular flexibility index (Phi) is 8.93. The maximum Gasteiger partial charge on any atom is 0.229 e. The predicted octanol–water partition coefficient (Wildman–Crippen LogP) is 3.63. The van der Waals surface area contributed by atoms with Gasteiger partial charge in [0.25, 0.3) is 0 Å². The second-order valence-corrected chi connectivity index (χ2v) is 9.60. The Morgan fingerprint density at radius 3 is 2.53 bits per heavy atom. The Morgan fingerprint density at radius 1 is 1.18 bits per heavy atom. The number of aromatic nitrogens is 2. The van der Waals surface area contributed by atoms with Crippen LogP contribution in [0.4, 0.5) is 23.1 Å². The van der Waals surface area contributed by atoms with Crippen molar-refractivity contribution in [3.05, 3.63) is 65.4 Å². The first-order valence-corrected chi connectivity index (χ1v) is 13.0. The first kappa shape index (κ1) is 25.6. The lowest BCUT2D eigenvalue weighted by Gasteiger charge is -2.17. The van der Waals surface area contributed by atoms with Crippen molar-refractivity contribution in [1.82, 2.24) is 9.97 Å². The minimum Gasteiger partial charge on any atom is -0.440 e. The number of hydrogen-bond donors (Lipinski definition) is 5. The molecule has 12 heteroatoms. The lowest BCUT2D eigenvalue weighted by molar-refractivity contribution is 0.281. The Bertz CT molecular complexity index is 1230. The molecular formula is C22H27N6O4S2-. The highest BCUT2D eigenvalue weighted by molar-refractivity contribution is 7.79. The molecule has 1 aromatic heterocycles. The van der Waals surface area contributed by atoms with Crippen LogP contribution in [0.3, 0.4) is 0 Å². The zero-order valence-corrected chi connectivity index (χ0v) is 20.6. The summed E-state index contributed by atoms with van der Waals surface area (Å²) in [7, 11) is -1.80. The topological polar surface area (TPSA) is 149 Å². The molecule has 182 valence electrons. The molecule has 3 rings (SSSR count). The second kappa shape index (κ2) is 11.9. The first-order valence-electron chi connectivity index (χ1n) is 10.3. The van der Waals surface area contributed by atoms with Crippen LogP contribution in [0.5, 0.6) is 0 Å². The summed E-state index contributed by atoms with van der Waals surface area (Å²) in [5.74, 6) is 0.925. The third kappa shape index (κ3) is 7.22. The van der Waals surface area contributed by atoms with E-state index in [9.17, 15) is 13.5 Å². The fourth-order valence-electron chi connectivity index (χ4n) is 3.03. The van der Waals surface area contributed by atoms with E-state index in [0.29, 0.717) is 34.5 Å². The van der Waals surface area contributed by atoms with Gasteiger partial charge in [0.15, 0.2) is 11.1 Å². The Balaban J connectivity index is 1.87. The molecular weight excluding hydrogens is 476 g/mol. The van der Waals surface area contributed by atoms with Gasteiger partial charge in [-0.05, 0) is 49.2 Å². The molecule has 2 atom stereocenters. The van der Waals surface area contributed by atoms with Crippen LogP contribution in [0.2, 0.25) is 0 Å². The standard InChI is InChI=1S/C22H27N6O4S2/c1-14-4-5-19(28-32-33(3)30)11-16(14)10-17-12-24-22(27-21(17)25-15(2)13-29)26-18-6-8-20(9-7-18)34(23)31/h4-9,11-12,15,23,28-29H,10,13H2,1-3H3,(H2,24,25,26,27)/q-1/t15-,33?/m1/s1. The first-order chi connectivity index (χ1) is 16.2. The van der Waals surface area contributed by atoms with Gasteiger partial charge < -0.3 is 24.7 Å². The fourth-order valence-corrected chi connectivity index (χ4v) is 3.63. The Morgan fingerprint density at radius 2 is 1.88 bits per heavy atom. The van der Waals surface area contributed by atoms with Gasteiger partial charge in [-0.15, -0.1) is 0 Å². The van der Waals surface area contributed by atoms with E-state index in [-0.39, 0.29) is 12.6 Å². The van der Waals surface area contributed by atoms with Crippen molar-refractivity contribution in [2.45, 2.75) is 31.2 Å². The van der Waals surface area contributed by atoms with Crippen LogP contribution < -0.4 is 16.1 Å². The maximum absolute atomic E-state index is 11.3. The zero-order chi connectivity index (χ0) is 24.7. The van der Waals surface area contributed by atoms with Gasteiger partial charge in [0.1, 0.15) is 5.82 Å². The number of anilines is 4. The van der Waals surface area contributed by atoms with E-state index in [2.05, 4.69) is 26.1 Å². The van der Waals surface area contributed by atoms with Crippen molar-refractivity contribution in [3.8, 4) is 0 Å². The zero-order valence-electron chi connectivity index (χ0n) is 19.0. The molecule has 10 nitrogen and oxygen atoms in total. The number of hydrogen-bond acceptors (Lipinski definition) is 11. The molecule has 0 aliphatic rings. The van der Waals surface area contributed by atoms with Crippen LogP contribution in [0.15, 0.2) is 53.6 Å². The molecule has 5 N–H and O–H groups in total. The molecule has 0 radical (unpaired) electrons. The lowest BCUT2D eigenvalue weighted by atomic mass is 10.0. The van der Waals surface area contributed by atoms with Crippen LogP contribution >= 0.6 is 0 Å². The average Bonchev–Trinajstić information content (AvgIpc) is 2.81. The highest BCUT2D eigenvalue weighted by Gasteiger charge is 2.13. The van der Waals surface area contributed by atoms with Crippen LogP contribution in [-0.2, 0) is 36.6 Å². The van der Waals surface area contributed by atoms with Crippen molar-refractivity contribution in [1.29, 1.82) is 4.78 Å². The number of nitrogens with one attached hydrogen (secondary N) is 4. The van der Waals surface area contributed by atoms with Gasteiger partial charge in [-0.1, -0.05) is 23.1 Å². The summed E-state index contributed by atoms with van der Waals surface area (Å²) in [6.45, 7) is 3.77. The van der Waals surface area contributed by atoms with E-state index >= 15 is 0 Å². The largest absolute Gasteiger partial charge is 0.440 e. The Labute approximate surface area is 202 Å². The van der Waals surface area contributed by atoms with Crippen LogP contribution in [0, 0.1) is 11.7 Å². The smallest absolute Gasteiger partial charge is 0.229 e. The summed E-state index contributed by atoms with van der Waals surface area (Å²) >= 11 is -1.45. The number of rotatable bonds is 11. The number of nitrogens with zero attached hydrogens (tertiary/aromatic N) is 2. The van der Waals surface area contributed by atoms with Gasteiger partial charge in [-0.3, -0.25) is 5.48 Å². The quantitative estimate of drug-likeness (QED) is 0.195. The molecule has 1 heterocycles. The van der Waals surface area contributed by atoms with E-state index < -0.39 is 21.7 Å². The molecule has 0 aliphatic carbocycles. The van der Waals surface area contributed by atoms with Crippen LogP contribution in [0.25, 0.3) is 0 Å². The van der Waals surface area contributed by atoms with Gasteiger partial charge in [-0.25, -0.2) is 9.19 Å². The normalized spacial score (nSPS) is 12.9. The van der Waals surface area contributed by atoms with Crippen LogP contribution in [-0.4, -0.2) is 38.2 Å². The molecule has 0 saturated heterocycles. The monoisotopic (exact) mass is 503 g/mol. The molecule has 0 spiro atoms. The average molecular weight is 504 g/mol. The summed E-state index contributed by atoms with van der Waals surface area (Å²) in [4.78, 5) is 9.44. The third-order valence-electron chi connectivity index (χ3n) is 4.85. The van der Waals surface area contributed by atoms with E-state index in [4.69, 9.17) is 9.06 Å². The molecule has 1 unspecified atom stereocenters. The van der Waals surface area contributed by atoms with Gasteiger partial charge in [0, 0.05) is 36.2 Å². The predicted molar refractivity (Wildman–Crippen MR) is 134 cm³/mol. The van der Waals surface area contributed by atoms with E-state index in [1.807, 2.05) is 32.0 Å². The number of aliphatic hydroxyl groups is 1. The molecule has 0 saturated carbocycles. The minimum atomic E-state index is -1.80. The molecule has 0 aliphatic heterocycles. The number of aliphatic hydroxyl groups excluding tert-OH is 1. The van der Waals surface area contributed by atoms with E-state index in [1.165, 1.54) is 6.26 Å². The second-order valence-electron chi connectivity index (χ2n) is 7.62. The summed E-state index contributed by atoms with van der Waals surface area (Å²) in [6, 6.07) is 12.1. The van der Waals surface area contributed by atoms with Gasteiger partial charge >= 0.3 is 0 Å². The summed E-state index contributed by atoms with van der Waals surface area (Å²) < 4.78 is 34.7. The fraction of sp³-hybridized carbons (Fsp3) is 0.273. The molecule has 34 heavy (non-hydrogen) atoms. The summed E-state index contributed by atoms with van der Waals surface area (Å²) in [5.41, 5.74) is 6.92. The summed E-state index contributed by atoms with van der Waals surface area (Å²) in [6.07, 6.45) is 3.66. The molecule has 0 amide bonds. The maximum atomic E-state index is 11.3. The van der Waals surface area contributed by atoms with E-state index in [1.54, 1.807) is 30.5 Å². The molecule has 0 fully saturated rings. The lowest BCUT2D eigenvalue weighted by Crippen LogP contribution is -2.21. The van der Waals surface area contributed by atoms with Gasteiger partial charge in [0.05, 0.1) is 12.3 Å². The van der Waals surface area contributed by atoms with Crippen LogP contribution in [0.1, 0.15) is 23.6 Å².